The van der Waals surface area contributed by atoms with Crippen LogP contribution in [0.25, 0.3) is 0 Å². The Balaban J connectivity index is 0.000000715. The van der Waals surface area contributed by atoms with E-state index >= 15 is 0 Å². The molecule has 0 bridgehead atoms. The van der Waals surface area contributed by atoms with E-state index in [0.717, 1.165) is 11.3 Å². The van der Waals surface area contributed by atoms with Gasteiger partial charge < -0.3 is 23.2 Å². The fourth-order valence-electron chi connectivity index (χ4n) is 1.93. The zero-order valence-electron chi connectivity index (χ0n) is 15.2. The number of nitrogen functional groups attached to an aromatic ring is 1. The molecule has 25 heavy (non-hydrogen) atoms. The first-order chi connectivity index (χ1) is 11.5. The van der Waals surface area contributed by atoms with Gasteiger partial charge in [-0.2, -0.15) is 4.57 Å². The first kappa shape index (κ1) is 24.5. The molecule has 0 aromatic carbocycles. The molecule has 0 saturated heterocycles. The minimum absolute atomic E-state index is 0. The normalized spacial score (nSPS) is 9.96. The molecular formula is C16H27ClN4OS3. The molecule has 0 aliphatic carbocycles. The molecule has 0 aliphatic heterocycles. The first-order valence-corrected chi connectivity index (χ1v) is 11.3. The second-order valence-corrected chi connectivity index (χ2v) is 8.95. The number of aromatic nitrogens is 3. The maximum absolute atomic E-state index is 8.98. The van der Waals surface area contributed by atoms with Crippen molar-refractivity contribution in [1.82, 2.24) is 9.97 Å². The van der Waals surface area contributed by atoms with Gasteiger partial charge in [0.15, 0.2) is 12.2 Å². The third-order valence-electron chi connectivity index (χ3n) is 3.17. The van der Waals surface area contributed by atoms with E-state index in [1.165, 1.54) is 16.4 Å². The van der Waals surface area contributed by atoms with Crippen LogP contribution in [0.4, 0.5) is 5.82 Å². The Morgan fingerprint density at radius 3 is 2.40 bits per heavy atom. The van der Waals surface area contributed by atoms with Crippen LogP contribution in [-0.4, -0.2) is 33.2 Å². The number of aryl methyl sites for hydroxylation is 1. The van der Waals surface area contributed by atoms with Gasteiger partial charge in [0, 0.05) is 37.7 Å². The molecule has 0 radical (unpaired) electrons. The Labute approximate surface area is 168 Å². The van der Waals surface area contributed by atoms with Crippen molar-refractivity contribution in [1.29, 1.82) is 0 Å². The Morgan fingerprint density at radius 2 is 1.88 bits per heavy atom. The van der Waals surface area contributed by atoms with Gasteiger partial charge in [0.2, 0.25) is 5.51 Å². The summed E-state index contributed by atoms with van der Waals surface area (Å²) in [7, 11) is 3.85. The molecule has 9 heteroatoms. The monoisotopic (exact) mass is 422 g/mol. The fraction of sp³-hybridized carbons (Fsp3) is 0.562. The number of thiazole rings is 1. The highest BCUT2D eigenvalue weighted by Gasteiger charge is 2.16. The Kier molecular flexibility index (Phi) is 13.3. The predicted octanol–water partition coefficient (Wildman–Crippen LogP) is 0.0193. The second-order valence-electron chi connectivity index (χ2n) is 4.97. The van der Waals surface area contributed by atoms with Gasteiger partial charge in [-0.15, -0.1) is 0 Å². The van der Waals surface area contributed by atoms with Crippen molar-refractivity contribution in [2.24, 2.45) is 0 Å². The lowest BCUT2D eigenvalue weighted by molar-refractivity contribution is -0.689. The third-order valence-corrected chi connectivity index (χ3v) is 6.87. The maximum Gasteiger partial charge on any atom is 0.225 e. The number of aliphatic hydroxyl groups is 1. The number of halogens is 1. The smallest absolute Gasteiger partial charge is 0.225 e. The van der Waals surface area contributed by atoms with Crippen LogP contribution >= 0.6 is 32.9 Å². The molecule has 0 unspecified atom stereocenters. The third kappa shape index (κ3) is 8.59. The average Bonchev–Trinajstić information content (AvgIpc) is 2.90. The van der Waals surface area contributed by atoms with Crippen LogP contribution in [0.2, 0.25) is 0 Å². The zero-order chi connectivity index (χ0) is 17.9. The Hall–Kier alpha value is -0.540. The van der Waals surface area contributed by atoms with Gasteiger partial charge in [-0.25, -0.2) is 9.97 Å². The van der Waals surface area contributed by atoms with Gasteiger partial charge in [-0.05, 0) is 6.92 Å². The Morgan fingerprint density at radius 1 is 1.24 bits per heavy atom. The van der Waals surface area contributed by atoms with Crippen molar-refractivity contribution in [3.8, 4) is 0 Å². The maximum atomic E-state index is 8.98. The lowest BCUT2D eigenvalue weighted by Crippen LogP contribution is -3.00. The molecule has 0 atom stereocenters. The highest BCUT2D eigenvalue weighted by molar-refractivity contribution is 8.76. The zero-order valence-corrected chi connectivity index (χ0v) is 18.4. The predicted molar refractivity (Wildman–Crippen MR) is 107 cm³/mol. The number of hydrogen-bond acceptors (Lipinski definition) is 7. The van der Waals surface area contributed by atoms with Crippen LogP contribution in [-0.2, 0) is 13.0 Å². The number of nitrogens with two attached hydrogens (primary N) is 1. The Bertz CT molecular complexity index is 621. The summed E-state index contributed by atoms with van der Waals surface area (Å²) in [5, 5.41) is 8.98. The quantitative estimate of drug-likeness (QED) is 0.372. The lowest BCUT2D eigenvalue weighted by Gasteiger charge is -2.01. The molecule has 0 amide bonds. The average molecular weight is 423 g/mol. The standard InChI is InChI=1S/C12H17N4OS.C4H10S2.ClH/c1-8-11(3-4-17)18-7-16(8)6-10-5-14-9(2)15-12(10)13;1-3-5-6-4-2;/h5,7,17H,3-4,6H2,1-2H3,(H2,13,14,15);3-4H2,1-2H3;1H/q+1;;/p-1. The van der Waals surface area contributed by atoms with Crippen LogP contribution in [0.15, 0.2) is 11.7 Å². The molecule has 0 fully saturated rings. The molecular weight excluding hydrogens is 396 g/mol. The molecule has 142 valence electrons. The van der Waals surface area contributed by atoms with Gasteiger partial charge in [0.05, 0.1) is 10.4 Å². The molecule has 0 saturated carbocycles. The van der Waals surface area contributed by atoms with Gasteiger partial charge in [0.25, 0.3) is 0 Å². The van der Waals surface area contributed by atoms with Crippen LogP contribution in [0.1, 0.15) is 35.8 Å². The van der Waals surface area contributed by atoms with Crippen molar-refractivity contribution in [2.45, 2.75) is 40.7 Å². The van der Waals surface area contributed by atoms with Crippen LogP contribution in [0.5, 0.6) is 0 Å². The van der Waals surface area contributed by atoms with Crippen molar-refractivity contribution in [2.75, 3.05) is 23.8 Å². The van der Waals surface area contributed by atoms with Crippen molar-refractivity contribution < 1.29 is 22.1 Å². The van der Waals surface area contributed by atoms with Gasteiger partial charge in [0.1, 0.15) is 11.6 Å². The summed E-state index contributed by atoms with van der Waals surface area (Å²) in [6.07, 6.45) is 2.47. The van der Waals surface area contributed by atoms with E-state index in [1.807, 2.05) is 40.9 Å². The number of aliphatic hydroxyl groups excluding tert-OH is 1. The van der Waals surface area contributed by atoms with E-state index in [1.54, 1.807) is 17.5 Å². The summed E-state index contributed by atoms with van der Waals surface area (Å²) >= 11 is 1.65. The second kappa shape index (κ2) is 13.6. The molecule has 2 aromatic rings. The number of hydrogen-bond donors (Lipinski definition) is 2. The fourth-order valence-corrected chi connectivity index (χ4v) is 4.25. The largest absolute Gasteiger partial charge is 1.00 e. The first-order valence-electron chi connectivity index (χ1n) is 7.93. The molecule has 2 rings (SSSR count). The minimum Gasteiger partial charge on any atom is -1.00 e. The summed E-state index contributed by atoms with van der Waals surface area (Å²) in [6.45, 7) is 9.06. The van der Waals surface area contributed by atoms with Crippen molar-refractivity contribution >= 4 is 38.7 Å². The molecule has 0 aliphatic rings. The van der Waals surface area contributed by atoms with Crippen molar-refractivity contribution in [3.63, 3.8) is 0 Å². The lowest BCUT2D eigenvalue weighted by atomic mass is 10.2. The van der Waals surface area contributed by atoms with Crippen molar-refractivity contribution in [3.05, 3.63) is 33.7 Å². The highest BCUT2D eigenvalue weighted by atomic mass is 35.5. The van der Waals surface area contributed by atoms with E-state index in [0.29, 0.717) is 24.6 Å². The van der Waals surface area contributed by atoms with E-state index in [9.17, 15) is 0 Å². The molecule has 3 N–H and O–H groups in total. The van der Waals surface area contributed by atoms with Crippen LogP contribution in [0, 0.1) is 13.8 Å². The minimum atomic E-state index is 0. The van der Waals surface area contributed by atoms with E-state index in [2.05, 4.69) is 28.4 Å². The van der Waals surface area contributed by atoms with E-state index in [-0.39, 0.29) is 19.0 Å². The topological polar surface area (TPSA) is 75.9 Å². The number of nitrogens with zero attached hydrogens (tertiary/aromatic N) is 3. The number of anilines is 1. The highest BCUT2D eigenvalue weighted by Crippen LogP contribution is 2.18. The van der Waals surface area contributed by atoms with Crippen LogP contribution < -0.4 is 22.7 Å². The summed E-state index contributed by atoms with van der Waals surface area (Å²) in [4.78, 5) is 9.53. The number of rotatable bonds is 7. The molecule has 5 nitrogen and oxygen atoms in total. The van der Waals surface area contributed by atoms with E-state index in [4.69, 9.17) is 10.8 Å². The summed E-state index contributed by atoms with van der Waals surface area (Å²) in [5.41, 5.74) is 10.0. The molecule has 2 heterocycles. The molecule has 0 spiro atoms. The van der Waals surface area contributed by atoms with Gasteiger partial charge in [-0.3, -0.25) is 0 Å². The van der Waals surface area contributed by atoms with Crippen LogP contribution in [0.3, 0.4) is 0 Å². The molecule has 2 aromatic heterocycles. The van der Waals surface area contributed by atoms with Gasteiger partial charge in [-0.1, -0.05) is 46.8 Å². The summed E-state index contributed by atoms with van der Waals surface area (Å²) in [5.74, 6) is 3.69. The van der Waals surface area contributed by atoms with E-state index < -0.39 is 0 Å². The SMILES string of the molecule is CCSSCC.Cc1ncc(C[n+]2csc(CCO)c2C)c(N)n1.[Cl-]. The van der Waals surface area contributed by atoms with Gasteiger partial charge >= 0.3 is 0 Å². The summed E-state index contributed by atoms with van der Waals surface area (Å²) < 4.78 is 2.11. The summed E-state index contributed by atoms with van der Waals surface area (Å²) in [6, 6.07) is 0.